The van der Waals surface area contributed by atoms with Gasteiger partial charge in [0.2, 0.25) is 0 Å². The molecule has 6 heteroatoms. The van der Waals surface area contributed by atoms with E-state index < -0.39 is 0 Å². The van der Waals surface area contributed by atoms with Crippen molar-refractivity contribution in [2.45, 2.75) is 12.8 Å². The van der Waals surface area contributed by atoms with Crippen molar-refractivity contribution in [1.82, 2.24) is 15.8 Å². The molecule has 2 aromatic rings. The number of pyridine rings is 1. The van der Waals surface area contributed by atoms with Gasteiger partial charge in [-0.1, -0.05) is 18.2 Å². The zero-order valence-corrected chi connectivity index (χ0v) is 12.7. The normalized spacial score (nSPS) is 13.7. The molecule has 1 fully saturated rings. The maximum atomic E-state index is 12.4. The summed E-state index contributed by atoms with van der Waals surface area (Å²) in [7, 11) is 0. The minimum absolute atomic E-state index is 0.356. The summed E-state index contributed by atoms with van der Waals surface area (Å²) in [6, 6.07) is 12.2. The molecule has 1 aliphatic heterocycles. The Balaban J connectivity index is 1.68. The summed E-state index contributed by atoms with van der Waals surface area (Å²) in [5.74, 6) is -0.0636. The van der Waals surface area contributed by atoms with Crippen LogP contribution < -0.4 is 15.8 Å². The number of amides is 2. The average molecular weight is 310 g/mol. The van der Waals surface area contributed by atoms with E-state index in [1.165, 1.54) is 0 Å². The smallest absolute Gasteiger partial charge is 0.273 e. The highest BCUT2D eigenvalue weighted by Gasteiger charge is 2.20. The van der Waals surface area contributed by atoms with Crippen LogP contribution in [-0.2, 0) is 0 Å². The van der Waals surface area contributed by atoms with Gasteiger partial charge >= 0.3 is 0 Å². The highest BCUT2D eigenvalue weighted by molar-refractivity contribution is 6.01. The summed E-state index contributed by atoms with van der Waals surface area (Å²) in [5, 5.41) is 0. The number of nitrogens with one attached hydrogen (secondary N) is 2. The van der Waals surface area contributed by atoms with Crippen molar-refractivity contribution < 1.29 is 9.59 Å². The highest BCUT2D eigenvalue weighted by atomic mass is 16.2. The Morgan fingerprint density at radius 3 is 2.35 bits per heavy atom. The molecule has 0 bridgehead atoms. The molecule has 2 amide bonds. The Hall–Kier alpha value is -2.89. The predicted molar refractivity (Wildman–Crippen MR) is 87.1 cm³/mol. The second kappa shape index (κ2) is 6.91. The molecule has 1 aromatic heterocycles. The van der Waals surface area contributed by atoms with Crippen molar-refractivity contribution in [2.24, 2.45) is 0 Å². The molecular formula is C17H18N4O2. The van der Waals surface area contributed by atoms with Gasteiger partial charge in [-0.05, 0) is 37.1 Å². The molecule has 118 valence electrons. The second-order valence-corrected chi connectivity index (χ2v) is 5.34. The Morgan fingerprint density at radius 1 is 0.913 bits per heavy atom. The van der Waals surface area contributed by atoms with Gasteiger partial charge in [-0.25, -0.2) is 4.98 Å². The first-order valence-corrected chi connectivity index (χ1v) is 7.61. The third-order valence-corrected chi connectivity index (χ3v) is 3.76. The molecule has 3 rings (SSSR count). The summed E-state index contributed by atoms with van der Waals surface area (Å²) in [6.07, 6.45) is 3.87. The summed E-state index contributed by atoms with van der Waals surface area (Å²) in [5.41, 5.74) is 5.83. The number of carbonyl (C=O) groups is 2. The van der Waals surface area contributed by atoms with Gasteiger partial charge in [0.15, 0.2) is 0 Å². The third kappa shape index (κ3) is 3.48. The van der Waals surface area contributed by atoms with E-state index in [1.54, 1.807) is 42.6 Å². The van der Waals surface area contributed by atoms with Gasteiger partial charge < -0.3 is 4.90 Å². The lowest BCUT2D eigenvalue weighted by Crippen LogP contribution is -2.42. The number of aromatic nitrogens is 1. The lowest BCUT2D eigenvalue weighted by Gasteiger charge is -2.19. The molecule has 1 saturated heterocycles. The van der Waals surface area contributed by atoms with Gasteiger partial charge in [0, 0.05) is 24.8 Å². The molecule has 0 unspecified atom stereocenters. The number of hydrogen-bond acceptors (Lipinski definition) is 4. The second-order valence-electron chi connectivity index (χ2n) is 5.34. The Bertz CT molecular complexity index is 697. The van der Waals surface area contributed by atoms with E-state index in [0.717, 1.165) is 25.9 Å². The van der Waals surface area contributed by atoms with Crippen LogP contribution in [0.15, 0.2) is 48.7 Å². The molecule has 0 aliphatic carbocycles. The van der Waals surface area contributed by atoms with E-state index in [1.807, 2.05) is 6.07 Å². The Morgan fingerprint density at radius 2 is 1.61 bits per heavy atom. The average Bonchev–Trinajstić information content (AvgIpc) is 3.14. The quantitative estimate of drug-likeness (QED) is 0.847. The van der Waals surface area contributed by atoms with Gasteiger partial charge in [0.05, 0.1) is 5.56 Å². The van der Waals surface area contributed by atoms with Crippen LogP contribution >= 0.6 is 0 Å². The lowest BCUT2D eigenvalue weighted by molar-refractivity contribution is 0.0847. The van der Waals surface area contributed by atoms with E-state index in [2.05, 4.69) is 20.7 Å². The fourth-order valence-corrected chi connectivity index (χ4v) is 2.60. The van der Waals surface area contributed by atoms with Crippen molar-refractivity contribution in [3.8, 4) is 0 Å². The summed E-state index contributed by atoms with van der Waals surface area (Å²) in [6.45, 7) is 1.79. The molecular weight excluding hydrogens is 292 g/mol. The van der Waals surface area contributed by atoms with Crippen LogP contribution in [0.4, 0.5) is 5.82 Å². The van der Waals surface area contributed by atoms with Crippen molar-refractivity contribution in [1.29, 1.82) is 0 Å². The van der Waals surface area contributed by atoms with Gasteiger partial charge in [-0.15, -0.1) is 0 Å². The van der Waals surface area contributed by atoms with Crippen LogP contribution in [-0.4, -0.2) is 29.9 Å². The number of carbonyl (C=O) groups excluding carboxylic acids is 2. The van der Waals surface area contributed by atoms with Crippen LogP contribution in [0, 0.1) is 0 Å². The topological polar surface area (TPSA) is 74.3 Å². The first-order chi connectivity index (χ1) is 11.3. The van der Waals surface area contributed by atoms with Crippen molar-refractivity contribution in [3.05, 3.63) is 59.8 Å². The predicted octanol–water partition coefficient (Wildman–Crippen LogP) is 1.76. The SMILES string of the molecule is O=C(NNC(=O)c1cccnc1N1CCCC1)c1ccccc1. The minimum atomic E-state index is -0.371. The number of anilines is 1. The fraction of sp³-hybridized carbons (Fsp3) is 0.235. The Kier molecular flexibility index (Phi) is 4.52. The fourth-order valence-electron chi connectivity index (χ4n) is 2.60. The largest absolute Gasteiger partial charge is 0.356 e. The van der Waals surface area contributed by atoms with Crippen molar-refractivity contribution >= 4 is 17.6 Å². The maximum Gasteiger partial charge on any atom is 0.273 e. The maximum absolute atomic E-state index is 12.4. The van der Waals surface area contributed by atoms with E-state index in [4.69, 9.17) is 0 Å². The third-order valence-electron chi connectivity index (χ3n) is 3.76. The number of nitrogens with zero attached hydrogens (tertiary/aromatic N) is 2. The van der Waals surface area contributed by atoms with Crippen LogP contribution in [0.5, 0.6) is 0 Å². The summed E-state index contributed by atoms with van der Waals surface area (Å²) in [4.78, 5) is 30.7. The molecule has 1 aromatic carbocycles. The van der Waals surface area contributed by atoms with Gasteiger partial charge in [-0.2, -0.15) is 0 Å². The van der Waals surface area contributed by atoms with Gasteiger partial charge in [0.1, 0.15) is 5.82 Å². The molecule has 1 aliphatic rings. The van der Waals surface area contributed by atoms with Crippen molar-refractivity contribution in [2.75, 3.05) is 18.0 Å². The zero-order valence-electron chi connectivity index (χ0n) is 12.7. The van der Waals surface area contributed by atoms with E-state index in [-0.39, 0.29) is 11.8 Å². The summed E-state index contributed by atoms with van der Waals surface area (Å²) < 4.78 is 0. The molecule has 2 N–H and O–H groups in total. The molecule has 2 heterocycles. The first-order valence-electron chi connectivity index (χ1n) is 7.61. The van der Waals surface area contributed by atoms with Crippen LogP contribution in [0.1, 0.15) is 33.6 Å². The molecule has 0 spiro atoms. The molecule has 0 atom stereocenters. The molecule has 0 radical (unpaired) electrons. The Labute approximate surface area is 134 Å². The highest BCUT2D eigenvalue weighted by Crippen LogP contribution is 2.21. The molecule has 23 heavy (non-hydrogen) atoms. The van der Waals surface area contributed by atoms with Gasteiger partial charge in [0.25, 0.3) is 11.8 Å². The van der Waals surface area contributed by atoms with E-state index >= 15 is 0 Å². The number of hydrazine groups is 1. The molecule has 6 nitrogen and oxygen atoms in total. The van der Waals surface area contributed by atoms with E-state index in [9.17, 15) is 9.59 Å². The van der Waals surface area contributed by atoms with E-state index in [0.29, 0.717) is 16.9 Å². The van der Waals surface area contributed by atoms with Crippen LogP contribution in [0.2, 0.25) is 0 Å². The summed E-state index contributed by atoms with van der Waals surface area (Å²) >= 11 is 0. The van der Waals surface area contributed by atoms with Gasteiger partial charge in [-0.3, -0.25) is 20.4 Å². The van der Waals surface area contributed by atoms with Crippen LogP contribution in [0.3, 0.4) is 0 Å². The monoisotopic (exact) mass is 310 g/mol. The minimum Gasteiger partial charge on any atom is -0.356 e. The lowest BCUT2D eigenvalue weighted by atomic mass is 10.2. The molecule has 0 saturated carbocycles. The van der Waals surface area contributed by atoms with Crippen molar-refractivity contribution in [3.63, 3.8) is 0 Å². The number of benzene rings is 1. The number of hydrogen-bond donors (Lipinski definition) is 2. The standard InChI is InChI=1S/C17H18N4O2/c22-16(13-7-2-1-3-8-13)19-20-17(23)14-9-6-10-18-15(14)21-11-4-5-12-21/h1-3,6-10H,4-5,11-12H2,(H,19,22)(H,20,23). The van der Waals surface area contributed by atoms with Crippen LogP contribution in [0.25, 0.3) is 0 Å². The first kappa shape index (κ1) is 15.0. The zero-order chi connectivity index (χ0) is 16.1. The number of rotatable bonds is 3.